The predicted molar refractivity (Wildman–Crippen MR) is 89.2 cm³/mol. The highest BCUT2D eigenvalue weighted by atomic mass is 79.9. The molecule has 0 saturated heterocycles. The first kappa shape index (κ1) is 14.9. The van der Waals surface area contributed by atoms with Crippen LogP contribution in [0, 0.1) is 5.92 Å². The van der Waals surface area contributed by atoms with Crippen molar-refractivity contribution in [1.29, 1.82) is 0 Å². The van der Waals surface area contributed by atoms with E-state index in [4.69, 9.17) is 0 Å². The average molecular weight is 440 g/mol. The van der Waals surface area contributed by atoms with Crippen molar-refractivity contribution in [2.24, 2.45) is 5.92 Å². The van der Waals surface area contributed by atoms with E-state index in [9.17, 15) is 0 Å². The highest BCUT2D eigenvalue weighted by Crippen LogP contribution is 2.36. The molecule has 1 aliphatic rings. The molecule has 1 saturated carbocycles. The summed E-state index contributed by atoms with van der Waals surface area (Å²) >= 11 is 10.8. The molecule has 0 radical (unpaired) electrons. The zero-order chi connectivity index (χ0) is 13.1. The molecule has 2 atom stereocenters. The van der Waals surface area contributed by atoms with Crippen LogP contribution in [0.15, 0.2) is 25.6 Å². The number of hydrogen-bond acceptors (Lipinski definition) is 1. The first-order valence-corrected chi connectivity index (χ1v) is 8.85. The maximum atomic E-state index is 3.69. The summed E-state index contributed by atoms with van der Waals surface area (Å²) in [7, 11) is 0. The van der Waals surface area contributed by atoms with E-state index in [1.807, 2.05) is 0 Å². The van der Waals surface area contributed by atoms with Gasteiger partial charge in [-0.15, -0.1) is 0 Å². The quantitative estimate of drug-likeness (QED) is 0.529. The Kier molecular flexibility index (Phi) is 5.58. The van der Waals surface area contributed by atoms with Crippen LogP contribution >= 0.6 is 47.8 Å². The van der Waals surface area contributed by atoms with Crippen molar-refractivity contribution in [2.75, 3.05) is 5.32 Å². The molecule has 1 fully saturated rings. The second-order valence-electron chi connectivity index (χ2n) is 5.20. The van der Waals surface area contributed by atoms with Gasteiger partial charge in [-0.1, -0.05) is 35.7 Å². The summed E-state index contributed by atoms with van der Waals surface area (Å²) in [5, 5.41) is 3.69. The van der Waals surface area contributed by atoms with Gasteiger partial charge in [-0.3, -0.25) is 0 Å². The van der Waals surface area contributed by atoms with E-state index < -0.39 is 0 Å². The lowest BCUT2D eigenvalue weighted by atomic mass is 10.0. The minimum absolute atomic E-state index is 0.601. The van der Waals surface area contributed by atoms with Gasteiger partial charge in [0, 0.05) is 19.5 Å². The summed E-state index contributed by atoms with van der Waals surface area (Å²) < 4.78 is 3.31. The minimum Gasteiger partial charge on any atom is -0.380 e. The van der Waals surface area contributed by atoms with E-state index >= 15 is 0 Å². The van der Waals surface area contributed by atoms with Crippen LogP contribution in [-0.4, -0.2) is 6.04 Å². The second-order valence-corrected chi connectivity index (χ2v) is 7.82. The molecule has 0 bridgehead atoms. The Morgan fingerprint density at radius 1 is 1.00 bits per heavy atom. The molecule has 1 nitrogen and oxygen atoms in total. The average Bonchev–Trinajstić information content (AvgIpc) is 2.48. The van der Waals surface area contributed by atoms with Crippen molar-refractivity contribution >= 4 is 53.5 Å². The molecule has 0 heterocycles. The van der Waals surface area contributed by atoms with E-state index in [2.05, 4.69) is 72.2 Å². The fourth-order valence-electron chi connectivity index (χ4n) is 2.52. The van der Waals surface area contributed by atoms with Gasteiger partial charge in [0.25, 0.3) is 0 Å². The smallest absolute Gasteiger partial charge is 0.0631 e. The Bertz CT molecular complexity index is 396. The van der Waals surface area contributed by atoms with Gasteiger partial charge < -0.3 is 5.32 Å². The van der Waals surface area contributed by atoms with E-state index in [-0.39, 0.29) is 0 Å². The Hall–Kier alpha value is 0.460. The third-order valence-corrected chi connectivity index (χ3v) is 5.32. The van der Waals surface area contributed by atoms with Gasteiger partial charge in [0.2, 0.25) is 0 Å². The number of benzene rings is 1. The highest BCUT2D eigenvalue weighted by Gasteiger charge is 2.18. The third kappa shape index (κ3) is 3.97. The van der Waals surface area contributed by atoms with Crippen LogP contribution in [0.4, 0.5) is 5.69 Å². The first-order valence-electron chi connectivity index (χ1n) is 6.47. The molecule has 0 aromatic heterocycles. The molecule has 0 aliphatic heterocycles. The number of rotatable bonds is 2. The SMILES string of the molecule is CC1CCCC(Nc2c(Br)cc(Br)cc2Br)CC1. The van der Waals surface area contributed by atoms with Crippen molar-refractivity contribution in [3.63, 3.8) is 0 Å². The predicted octanol–water partition coefficient (Wildman–Crippen LogP) is 6.35. The molecular weight excluding hydrogens is 422 g/mol. The maximum absolute atomic E-state index is 3.69. The Morgan fingerprint density at radius 3 is 2.33 bits per heavy atom. The van der Waals surface area contributed by atoms with Crippen molar-refractivity contribution in [1.82, 2.24) is 0 Å². The zero-order valence-electron chi connectivity index (χ0n) is 10.5. The van der Waals surface area contributed by atoms with E-state index in [1.165, 1.54) is 37.8 Å². The zero-order valence-corrected chi connectivity index (χ0v) is 15.2. The first-order chi connectivity index (χ1) is 8.56. The molecule has 0 spiro atoms. The molecule has 2 rings (SSSR count). The van der Waals surface area contributed by atoms with Crippen LogP contribution in [0.2, 0.25) is 0 Å². The van der Waals surface area contributed by atoms with Gasteiger partial charge in [0.15, 0.2) is 0 Å². The second kappa shape index (κ2) is 6.76. The summed E-state index contributed by atoms with van der Waals surface area (Å²) in [5.41, 5.74) is 1.18. The van der Waals surface area contributed by atoms with Crippen LogP contribution in [0.5, 0.6) is 0 Å². The Labute approximate surface area is 134 Å². The van der Waals surface area contributed by atoms with Crippen LogP contribution in [0.3, 0.4) is 0 Å². The molecule has 0 amide bonds. The van der Waals surface area contributed by atoms with Crippen LogP contribution in [-0.2, 0) is 0 Å². The normalized spacial score (nSPS) is 24.7. The van der Waals surface area contributed by atoms with Crippen LogP contribution < -0.4 is 5.32 Å². The van der Waals surface area contributed by atoms with Crippen LogP contribution in [0.1, 0.15) is 39.0 Å². The van der Waals surface area contributed by atoms with Crippen molar-refractivity contribution < 1.29 is 0 Å². The maximum Gasteiger partial charge on any atom is 0.0631 e. The lowest BCUT2D eigenvalue weighted by Crippen LogP contribution is -2.19. The van der Waals surface area contributed by atoms with Gasteiger partial charge in [-0.2, -0.15) is 0 Å². The standard InChI is InChI=1S/C14H18Br3N/c1-9-3-2-4-11(6-5-9)18-14-12(16)7-10(15)8-13(14)17/h7-9,11,18H,2-6H2,1H3. The lowest BCUT2D eigenvalue weighted by Gasteiger charge is -2.20. The minimum atomic E-state index is 0.601. The Morgan fingerprint density at radius 2 is 1.67 bits per heavy atom. The molecule has 1 aromatic rings. The van der Waals surface area contributed by atoms with Gasteiger partial charge in [0.1, 0.15) is 0 Å². The topological polar surface area (TPSA) is 12.0 Å². The lowest BCUT2D eigenvalue weighted by molar-refractivity contribution is 0.502. The Balaban J connectivity index is 2.09. The summed E-state index contributed by atoms with van der Waals surface area (Å²) in [4.78, 5) is 0. The molecule has 1 N–H and O–H groups in total. The van der Waals surface area contributed by atoms with E-state index in [0.717, 1.165) is 19.3 Å². The molecule has 1 aromatic carbocycles. The summed E-state index contributed by atoms with van der Waals surface area (Å²) in [6.07, 6.45) is 6.60. The van der Waals surface area contributed by atoms with Gasteiger partial charge in [-0.25, -0.2) is 0 Å². The van der Waals surface area contributed by atoms with Crippen molar-refractivity contribution in [2.45, 2.75) is 45.1 Å². The largest absolute Gasteiger partial charge is 0.380 e. The van der Waals surface area contributed by atoms with Gasteiger partial charge in [-0.05, 0) is 69.2 Å². The molecule has 100 valence electrons. The van der Waals surface area contributed by atoms with Gasteiger partial charge >= 0.3 is 0 Å². The van der Waals surface area contributed by atoms with Crippen molar-refractivity contribution in [3.8, 4) is 0 Å². The monoisotopic (exact) mass is 437 g/mol. The summed E-state index contributed by atoms with van der Waals surface area (Å²) in [5.74, 6) is 0.883. The highest BCUT2D eigenvalue weighted by molar-refractivity contribution is 9.11. The summed E-state index contributed by atoms with van der Waals surface area (Å²) in [6.45, 7) is 2.37. The number of anilines is 1. The fraction of sp³-hybridized carbons (Fsp3) is 0.571. The van der Waals surface area contributed by atoms with E-state index in [1.54, 1.807) is 0 Å². The van der Waals surface area contributed by atoms with E-state index in [0.29, 0.717) is 6.04 Å². The number of nitrogens with one attached hydrogen (secondary N) is 1. The summed E-state index contributed by atoms with van der Waals surface area (Å²) in [6, 6.07) is 4.78. The molecule has 18 heavy (non-hydrogen) atoms. The fourth-order valence-corrected chi connectivity index (χ4v) is 5.00. The number of halogens is 3. The molecular formula is C14H18Br3N. The van der Waals surface area contributed by atoms with Crippen LogP contribution in [0.25, 0.3) is 0 Å². The number of hydrogen-bond donors (Lipinski definition) is 1. The molecule has 2 unspecified atom stereocenters. The molecule has 4 heteroatoms. The van der Waals surface area contributed by atoms with Crippen molar-refractivity contribution in [3.05, 3.63) is 25.6 Å². The molecule has 1 aliphatic carbocycles. The third-order valence-electron chi connectivity index (χ3n) is 3.61. The van der Waals surface area contributed by atoms with Gasteiger partial charge in [0.05, 0.1) is 5.69 Å².